The third-order valence-corrected chi connectivity index (χ3v) is 5.12. The van der Waals surface area contributed by atoms with Crippen molar-refractivity contribution in [3.63, 3.8) is 0 Å². The fourth-order valence-electron chi connectivity index (χ4n) is 2.80. The molecule has 1 saturated heterocycles. The second-order valence-corrected chi connectivity index (χ2v) is 6.63. The van der Waals surface area contributed by atoms with E-state index < -0.39 is 0 Å². The van der Waals surface area contributed by atoms with Crippen LogP contribution in [0.5, 0.6) is 5.88 Å². The van der Waals surface area contributed by atoms with Gasteiger partial charge in [0.1, 0.15) is 10.7 Å². The molecule has 2 aliphatic rings. The maximum atomic E-state index is 11.5. The first-order valence-corrected chi connectivity index (χ1v) is 8.80. The highest BCUT2D eigenvalue weighted by atomic mass is 32.2. The third kappa shape index (κ3) is 3.94. The average molecular weight is 336 g/mol. The third-order valence-electron chi connectivity index (χ3n) is 4.15. The van der Waals surface area contributed by atoms with Gasteiger partial charge in [-0.05, 0) is 39.4 Å². The van der Waals surface area contributed by atoms with Crippen molar-refractivity contribution >= 4 is 23.5 Å². The summed E-state index contributed by atoms with van der Waals surface area (Å²) in [6.07, 6.45) is 2.20. The summed E-state index contributed by atoms with van der Waals surface area (Å²) in [5, 5.41) is 7.02. The van der Waals surface area contributed by atoms with E-state index in [2.05, 4.69) is 32.4 Å². The highest BCUT2D eigenvalue weighted by Gasteiger charge is 2.23. The Bertz CT molecular complexity index is 575. The molecule has 3 rings (SSSR count). The number of piperidine rings is 1. The van der Waals surface area contributed by atoms with Crippen molar-refractivity contribution in [2.75, 3.05) is 37.8 Å². The van der Waals surface area contributed by atoms with Gasteiger partial charge in [0.15, 0.2) is 5.82 Å². The van der Waals surface area contributed by atoms with Crippen LogP contribution in [-0.4, -0.2) is 59.3 Å². The summed E-state index contributed by atoms with van der Waals surface area (Å²) >= 11 is 1.39. The minimum atomic E-state index is -0.0403. The number of rotatable bonds is 5. The lowest BCUT2D eigenvalue weighted by atomic mass is 10.1. The van der Waals surface area contributed by atoms with Gasteiger partial charge in [0, 0.05) is 12.6 Å². The van der Waals surface area contributed by atoms with Crippen molar-refractivity contribution in [1.29, 1.82) is 0 Å². The van der Waals surface area contributed by atoms with Crippen LogP contribution < -0.4 is 15.4 Å². The van der Waals surface area contributed by atoms with Gasteiger partial charge in [-0.1, -0.05) is 11.8 Å². The Hall–Kier alpha value is -1.38. The van der Waals surface area contributed by atoms with E-state index in [9.17, 15) is 4.79 Å². The van der Waals surface area contributed by atoms with Gasteiger partial charge in [0.2, 0.25) is 11.8 Å². The standard InChI is InChI=1S/C15H22N5O2S/c1-3-20-6-4-10(5-7-20)16-8-11-14(22-2)19-15-13(17-11)18-12(21)9-23-15/h10,16H,1,3-9H2,2H3,(H,17,18,21). The molecule has 1 aromatic rings. The molecular formula is C15H22N5O2S. The molecule has 125 valence electrons. The first kappa shape index (κ1) is 16.5. The van der Waals surface area contributed by atoms with Gasteiger partial charge in [-0.2, -0.15) is 0 Å². The summed E-state index contributed by atoms with van der Waals surface area (Å²) in [6.45, 7) is 7.52. The van der Waals surface area contributed by atoms with E-state index in [1.165, 1.54) is 11.8 Å². The first-order valence-electron chi connectivity index (χ1n) is 7.82. The molecule has 2 N–H and O–H groups in total. The number of amides is 1. The SMILES string of the molecule is [CH2]CN1CCC(NCc2nc3c(nc2OC)SCC(=O)N3)CC1. The predicted octanol–water partition coefficient (Wildman–Crippen LogP) is 0.917. The summed E-state index contributed by atoms with van der Waals surface area (Å²) in [5.41, 5.74) is 0.730. The lowest BCUT2D eigenvalue weighted by Gasteiger charge is -2.31. The van der Waals surface area contributed by atoms with E-state index >= 15 is 0 Å². The van der Waals surface area contributed by atoms with Crippen LogP contribution in [0.3, 0.4) is 0 Å². The molecule has 1 aromatic heterocycles. The van der Waals surface area contributed by atoms with Crippen LogP contribution in [0.25, 0.3) is 0 Å². The molecule has 23 heavy (non-hydrogen) atoms. The van der Waals surface area contributed by atoms with Gasteiger partial charge in [0.05, 0.1) is 12.9 Å². The van der Waals surface area contributed by atoms with Crippen LogP contribution >= 0.6 is 11.8 Å². The van der Waals surface area contributed by atoms with E-state index in [0.29, 0.717) is 35.1 Å². The van der Waals surface area contributed by atoms with Crippen LogP contribution in [0.2, 0.25) is 0 Å². The Morgan fingerprint density at radius 2 is 2.22 bits per heavy atom. The van der Waals surface area contributed by atoms with Crippen molar-refractivity contribution in [3.8, 4) is 5.88 Å². The number of carbonyl (C=O) groups excluding carboxylic acids is 1. The van der Waals surface area contributed by atoms with Crippen LogP contribution in [0, 0.1) is 6.92 Å². The van der Waals surface area contributed by atoms with E-state index in [4.69, 9.17) is 4.74 Å². The van der Waals surface area contributed by atoms with Crippen molar-refractivity contribution in [2.45, 2.75) is 30.5 Å². The number of thioether (sulfide) groups is 1. The Labute approximate surface area is 140 Å². The van der Waals surface area contributed by atoms with Gasteiger partial charge in [-0.25, -0.2) is 9.97 Å². The molecule has 0 bridgehead atoms. The van der Waals surface area contributed by atoms with Crippen molar-refractivity contribution in [1.82, 2.24) is 20.2 Å². The normalized spacial score (nSPS) is 19.3. The number of aromatic nitrogens is 2. The second-order valence-electron chi connectivity index (χ2n) is 5.67. The minimum absolute atomic E-state index is 0.0403. The molecule has 0 saturated carbocycles. The Balaban J connectivity index is 1.65. The van der Waals surface area contributed by atoms with E-state index in [1.54, 1.807) is 7.11 Å². The fraction of sp³-hybridized carbons (Fsp3) is 0.600. The molecular weight excluding hydrogens is 314 g/mol. The number of anilines is 1. The number of likely N-dealkylation sites (tertiary alicyclic amines) is 1. The number of carbonyl (C=O) groups is 1. The lowest BCUT2D eigenvalue weighted by molar-refractivity contribution is -0.113. The molecule has 7 nitrogen and oxygen atoms in total. The number of hydrogen-bond donors (Lipinski definition) is 2. The zero-order valence-electron chi connectivity index (χ0n) is 13.3. The Kier molecular flexibility index (Phi) is 5.34. The molecule has 0 aromatic carbocycles. The number of nitrogens with one attached hydrogen (secondary N) is 2. The highest BCUT2D eigenvalue weighted by Crippen LogP contribution is 2.31. The molecule has 1 amide bonds. The van der Waals surface area contributed by atoms with Crippen LogP contribution in [0.4, 0.5) is 5.82 Å². The summed E-state index contributed by atoms with van der Waals surface area (Å²) in [7, 11) is 1.60. The molecule has 0 aliphatic carbocycles. The number of fused-ring (bicyclic) bond motifs is 1. The summed E-state index contributed by atoms with van der Waals surface area (Å²) < 4.78 is 5.36. The van der Waals surface area contributed by atoms with Gasteiger partial charge in [-0.15, -0.1) is 0 Å². The Morgan fingerprint density at radius 1 is 1.43 bits per heavy atom. The molecule has 3 heterocycles. The summed E-state index contributed by atoms with van der Waals surface area (Å²) in [4.78, 5) is 22.8. The van der Waals surface area contributed by atoms with Crippen molar-refractivity contribution in [2.24, 2.45) is 0 Å². The van der Waals surface area contributed by atoms with Crippen molar-refractivity contribution in [3.05, 3.63) is 12.6 Å². The van der Waals surface area contributed by atoms with Gasteiger partial charge in [-0.3, -0.25) is 4.79 Å². The second kappa shape index (κ2) is 7.46. The van der Waals surface area contributed by atoms with Crippen LogP contribution in [-0.2, 0) is 11.3 Å². The van der Waals surface area contributed by atoms with E-state index in [0.717, 1.165) is 38.2 Å². The molecule has 0 unspecified atom stereocenters. The Morgan fingerprint density at radius 3 is 2.91 bits per heavy atom. The highest BCUT2D eigenvalue weighted by molar-refractivity contribution is 8.00. The van der Waals surface area contributed by atoms with E-state index in [-0.39, 0.29) is 5.91 Å². The summed E-state index contributed by atoms with van der Waals surface area (Å²) in [5.74, 6) is 1.39. The van der Waals surface area contributed by atoms with Gasteiger partial charge in [0.25, 0.3) is 0 Å². The molecule has 8 heteroatoms. The molecule has 1 radical (unpaired) electrons. The lowest BCUT2D eigenvalue weighted by Crippen LogP contribution is -2.42. The maximum absolute atomic E-state index is 11.5. The topological polar surface area (TPSA) is 79.4 Å². The predicted molar refractivity (Wildman–Crippen MR) is 89.6 cm³/mol. The largest absolute Gasteiger partial charge is 0.480 e. The minimum Gasteiger partial charge on any atom is -0.480 e. The fourth-order valence-corrected chi connectivity index (χ4v) is 3.53. The maximum Gasteiger partial charge on any atom is 0.237 e. The zero-order valence-corrected chi connectivity index (χ0v) is 14.1. The molecule has 0 spiro atoms. The average Bonchev–Trinajstić information content (AvgIpc) is 2.59. The monoisotopic (exact) mass is 336 g/mol. The first-order chi connectivity index (χ1) is 11.2. The molecule has 0 atom stereocenters. The molecule has 2 aliphatic heterocycles. The summed E-state index contributed by atoms with van der Waals surface area (Å²) in [6, 6.07) is 0.462. The van der Waals surface area contributed by atoms with E-state index in [1.807, 2.05) is 0 Å². The number of ether oxygens (including phenoxy) is 1. The number of hydrogen-bond acceptors (Lipinski definition) is 7. The van der Waals surface area contributed by atoms with Gasteiger partial charge < -0.3 is 20.3 Å². The number of nitrogens with zero attached hydrogens (tertiary/aromatic N) is 3. The zero-order chi connectivity index (χ0) is 16.2. The van der Waals surface area contributed by atoms with Crippen LogP contribution in [0.1, 0.15) is 18.5 Å². The quantitative estimate of drug-likeness (QED) is 0.827. The van der Waals surface area contributed by atoms with Crippen LogP contribution in [0.15, 0.2) is 5.03 Å². The van der Waals surface area contributed by atoms with Gasteiger partial charge >= 0.3 is 0 Å². The number of methoxy groups -OCH3 is 1. The van der Waals surface area contributed by atoms with Crippen molar-refractivity contribution < 1.29 is 9.53 Å². The smallest absolute Gasteiger partial charge is 0.237 e. The molecule has 1 fully saturated rings.